The molecule has 4 aliphatic rings. The smallest absolute Gasteiger partial charge is 0.381 e. The molecular weight excluding hydrogens is 443 g/mol. The minimum Gasteiger partial charge on any atom is -0.381 e. The van der Waals surface area contributed by atoms with Crippen LogP contribution in [0.3, 0.4) is 0 Å². The van der Waals surface area contributed by atoms with Crippen molar-refractivity contribution in [1.29, 1.82) is 0 Å². The molecule has 3 unspecified atom stereocenters. The zero-order chi connectivity index (χ0) is 23.9. The second kappa shape index (κ2) is 9.34. The van der Waals surface area contributed by atoms with Crippen LogP contribution in [0.5, 0.6) is 0 Å². The quantitative estimate of drug-likeness (QED) is 0.641. The van der Waals surface area contributed by atoms with E-state index < -0.39 is 11.7 Å². The van der Waals surface area contributed by atoms with Crippen molar-refractivity contribution in [2.24, 2.45) is 11.3 Å². The average Bonchev–Trinajstić information content (AvgIpc) is 3.42. The molecule has 0 spiro atoms. The molecule has 4 fully saturated rings. The van der Waals surface area contributed by atoms with Gasteiger partial charge in [0.15, 0.2) is 0 Å². The lowest BCUT2D eigenvalue weighted by Crippen LogP contribution is -2.53. The van der Waals surface area contributed by atoms with E-state index in [0.29, 0.717) is 50.1 Å². The van der Waals surface area contributed by atoms with Gasteiger partial charge in [-0.05, 0) is 75.8 Å². The first kappa shape index (κ1) is 23.9. The number of benzene rings is 1. The van der Waals surface area contributed by atoms with E-state index in [1.807, 2.05) is 4.90 Å². The van der Waals surface area contributed by atoms with E-state index in [9.17, 15) is 18.0 Å². The molecule has 2 aliphatic heterocycles. The number of nitrogens with zero attached hydrogens (tertiary/aromatic N) is 3. The highest BCUT2D eigenvalue weighted by Gasteiger charge is 2.57. The largest absolute Gasteiger partial charge is 0.416 e. The van der Waals surface area contributed by atoms with Gasteiger partial charge >= 0.3 is 6.18 Å². The van der Waals surface area contributed by atoms with Gasteiger partial charge in [0, 0.05) is 57.2 Å². The van der Waals surface area contributed by atoms with Gasteiger partial charge in [-0.1, -0.05) is 6.42 Å². The molecule has 1 aromatic carbocycles. The predicted molar refractivity (Wildman–Crippen MR) is 125 cm³/mol. The fourth-order valence-electron chi connectivity index (χ4n) is 7.00. The van der Waals surface area contributed by atoms with Crippen LogP contribution in [0.15, 0.2) is 24.3 Å². The second-order valence-electron chi connectivity index (χ2n) is 10.7. The molecule has 188 valence electrons. The minimum absolute atomic E-state index is 0.222. The SMILES string of the molecule is CN(C1CCOCC1)C1CC2CCCC2(C(=O)N2CCN(c3ccc(C(F)(F)F)cc3)CC2)C1. The molecule has 1 aromatic rings. The van der Waals surface area contributed by atoms with Crippen LogP contribution in [0.25, 0.3) is 0 Å². The molecule has 34 heavy (non-hydrogen) atoms. The van der Waals surface area contributed by atoms with Crippen LogP contribution in [0, 0.1) is 11.3 Å². The first-order valence-corrected chi connectivity index (χ1v) is 12.8. The van der Waals surface area contributed by atoms with Crippen molar-refractivity contribution < 1.29 is 22.7 Å². The summed E-state index contributed by atoms with van der Waals surface area (Å²) in [5.74, 6) is 0.796. The maximum absolute atomic E-state index is 13.9. The lowest BCUT2D eigenvalue weighted by molar-refractivity contribution is -0.144. The number of fused-ring (bicyclic) bond motifs is 1. The Balaban J connectivity index is 1.21. The number of hydrogen-bond donors (Lipinski definition) is 0. The Morgan fingerprint density at radius 1 is 1.03 bits per heavy atom. The summed E-state index contributed by atoms with van der Waals surface area (Å²) in [4.78, 5) is 20.6. The summed E-state index contributed by atoms with van der Waals surface area (Å²) >= 11 is 0. The monoisotopic (exact) mass is 479 g/mol. The van der Waals surface area contributed by atoms with Gasteiger partial charge in [0.05, 0.1) is 11.0 Å². The average molecular weight is 480 g/mol. The molecule has 2 heterocycles. The van der Waals surface area contributed by atoms with Crippen LogP contribution in [-0.4, -0.2) is 74.2 Å². The number of anilines is 1. The van der Waals surface area contributed by atoms with E-state index in [1.54, 1.807) is 12.1 Å². The normalized spacial score (nSPS) is 30.7. The molecule has 2 saturated carbocycles. The summed E-state index contributed by atoms with van der Waals surface area (Å²) in [6.45, 7) is 4.24. The standard InChI is InChI=1S/C26H36F3N3O2/c1-30(21-8-15-34-16-9-21)23-17-20-3-2-10-25(20,18-23)24(33)32-13-11-31(12-14-32)22-6-4-19(5-7-22)26(27,28)29/h4-7,20-21,23H,2-3,8-18H2,1H3. The van der Waals surface area contributed by atoms with Gasteiger partial charge in [-0.3, -0.25) is 4.79 Å². The highest BCUT2D eigenvalue weighted by Crippen LogP contribution is 2.56. The highest BCUT2D eigenvalue weighted by molar-refractivity contribution is 5.84. The van der Waals surface area contributed by atoms with Gasteiger partial charge in [-0.2, -0.15) is 13.2 Å². The van der Waals surface area contributed by atoms with Gasteiger partial charge in [0.1, 0.15) is 0 Å². The maximum Gasteiger partial charge on any atom is 0.416 e. The first-order valence-electron chi connectivity index (χ1n) is 12.8. The van der Waals surface area contributed by atoms with Crippen molar-refractivity contribution in [3.05, 3.63) is 29.8 Å². The Morgan fingerprint density at radius 3 is 2.35 bits per heavy atom. The summed E-state index contributed by atoms with van der Waals surface area (Å²) in [6.07, 6.45) is 3.18. The second-order valence-corrected chi connectivity index (χ2v) is 10.7. The molecule has 8 heteroatoms. The van der Waals surface area contributed by atoms with Gasteiger partial charge in [0.2, 0.25) is 5.91 Å². The van der Waals surface area contributed by atoms with Crippen molar-refractivity contribution in [2.45, 2.75) is 63.2 Å². The van der Waals surface area contributed by atoms with Crippen molar-refractivity contribution in [2.75, 3.05) is 51.3 Å². The van der Waals surface area contributed by atoms with E-state index in [-0.39, 0.29) is 5.41 Å². The zero-order valence-electron chi connectivity index (χ0n) is 20.0. The topological polar surface area (TPSA) is 36.0 Å². The molecule has 5 nitrogen and oxygen atoms in total. The van der Waals surface area contributed by atoms with Crippen molar-refractivity contribution in [1.82, 2.24) is 9.80 Å². The molecule has 0 N–H and O–H groups in total. The molecule has 0 aromatic heterocycles. The van der Waals surface area contributed by atoms with Crippen molar-refractivity contribution in [3.63, 3.8) is 0 Å². The van der Waals surface area contributed by atoms with Crippen LogP contribution < -0.4 is 4.90 Å². The maximum atomic E-state index is 13.9. The van der Waals surface area contributed by atoms with E-state index in [0.717, 1.165) is 76.0 Å². The fourth-order valence-corrected chi connectivity index (χ4v) is 7.00. The highest BCUT2D eigenvalue weighted by atomic mass is 19.4. The number of alkyl halides is 3. The summed E-state index contributed by atoms with van der Waals surface area (Å²) < 4.78 is 44.2. The van der Waals surface area contributed by atoms with Crippen molar-refractivity contribution >= 4 is 11.6 Å². The molecule has 2 saturated heterocycles. The predicted octanol–water partition coefficient (Wildman–Crippen LogP) is 4.41. The number of halogens is 3. The fraction of sp³-hybridized carbons (Fsp3) is 0.731. The van der Waals surface area contributed by atoms with Crippen LogP contribution in [-0.2, 0) is 15.7 Å². The van der Waals surface area contributed by atoms with Crippen molar-refractivity contribution in [3.8, 4) is 0 Å². The molecule has 5 rings (SSSR count). The van der Waals surface area contributed by atoms with Crippen LogP contribution >= 0.6 is 0 Å². The number of carbonyl (C=O) groups excluding carboxylic acids is 1. The molecule has 2 aliphatic carbocycles. The van der Waals surface area contributed by atoms with Gasteiger partial charge in [0.25, 0.3) is 0 Å². The zero-order valence-corrected chi connectivity index (χ0v) is 20.0. The van der Waals surface area contributed by atoms with E-state index in [4.69, 9.17) is 4.74 Å². The number of carbonyl (C=O) groups is 1. The van der Waals surface area contributed by atoms with Gasteiger partial charge in [-0.25, -0.2) is 0 Å². The minimum atomic E-state index is -4.32. The number of rotatable bonds is 4. The lowest BCUT2D eigenvalue weighted by Gasteiger charge is -2.41. The summed E-state index contributed by atoms with van der Waals surface area (Å²) in [5.41, 5.74) is -0.0605. The Bertz CT molecular complexity index is 863. The van der Waals surface area contributed by atoms with E-state index in [1.165, 1.54) is 0 Å². The Labute approximate surface area is 200 Å². The number of ether oxygens (including phenoxy) is 1. The summed E-state index contributed by atoms with van der Waals surface area (Å²) in [7, 11) is 2.24. The van der Waals surface area contributed by atoms with E-state index in [2.05, 4.69) is 16.8 Å². The molecule has 3 atom stereocenters. The molecule has 0 radical (unpaired) electrons. The van der Waals surface area contributed by atoms with Crippen LogP contribution in [0.4, 0.5) is 18.9 Å². The first-order chi connectivity index (χ1) is 16.3. The third kappa shape index (κ3) is 4.43. The number of amides is 1. The van der Waals surface area contributed by atoms with Gasteiger partial charge in [-0.15, -0.1) is 0 Å². The van der Waals surface area contributed by atoms with Crippen LogP contribution in [0.2, 0.25) is 0 Å². The summed E-state index contributed by atoms with van der Waals surface area (Å²) in [6, 6.07) is 6.38. The Morgan fingerprint density at radius 2 is 1.71 bits per heavy atom. The Hall–Kier alpha value is -1.80. The summed E-state index contributed by atoms with van der Waals surface area (Å²) in [5, 5.41) is 0. The third-order valence-electron chi connectivity index (χ3n) is 9.01. The van der Waals surface area contributed by atoms with E-state index >= 15 is 0 Å². The van der Waals surface area contributed by atoms with Gasteiger partial charge < -0.3 is 19.4 Å². The number of hydrogen-bond acceptors (Lipinski definition) is 4. The third-order valence-corrected chi connectivity index (χ3v) is 9.01. The van der Waals surface area contributed by atoms with Crippen LogP contribution in [0.1, 0.15) is 50.5 Å². The molecular formula is C26H36F3N3O2. The molecule has 1 amide bonds. The lowest BCUT2D eigenvalue weighted by atomic mass is 9.78. The number of piperazine rings is 1. The molecule has 0 bridgehead atoms. The Kier molecular flexibility index (Phi) is 6.57.